The van der Waals surface area contributed by atoms with Crippen molar-refractivity contribution < 1.29 is 4.79 Å². The maximum atomic E-state index is 12.9. The van der Waals surface area contributed by atoms with Gasteiger partial charge in [-0.2, -0.15) is 0 Å². The molecule has 0 unspecified atom stereocenters. The number of hydrogen-bond donors (Lipinski definition) is 0. The molecule has 0 aliphatic carbocycles. The first-order valence-corrected chi connectivity index (χ1v) is 10.3. The van der Waals surface area contributed by atoms with Crippen LogP contribution in [0.1, 0.15) is 49.9 Å². The molecular weight excluding hydrogens is 338 g/mol. The second-order valence-corrected chi connectivity index (χ2v) is 7.93. The van der Waals surface area contributed by atoms with Gasteiger partial charge in [0.2, 0.25) is 5.91 Å². The number of fused-ring (bicyclic) bond motifs is 1. The Hall–Kier alpha value is -2.24. The highest BCUT2D eigenvalue weighted by atomic mass is 16.2. The number of nitrogens with zero attached hydrogens (tertiary/aromatic N) is 5. The molecule has 0 aromatic carbocycles. The normalized spacial score (nSPS) is 19.3. The van der Waals surface area contributed by atoms with Gasteiger partial charge in [-0.05, 0) is 45.6 Å². The Bertz CT molecular complexity index is 821. The fourth-order valence-corrected chi connectivity index (χ4v) is 4.21. The number of rotatable bonds is 2. The van der Waals surface area contributed by atoms with Crippen molar-refractivity contribution in [1.29, 1.82) is 0 Å². The second-order valence-electron chi connectivity index (χ2n) is 7.93. The molecule has 2 aliphatic heterocycles. The monoisotopic (exact) mass is 367 g/mol. The van der Waals surface area contributed by atoms with Crippen LogP contribution in [0.15, 0.2) is 12.3 Å². The molecule has 0 radical (unpaired) electrons. The van der Waals surface area contributed by atoms with E-state index in [0.717, 1.165) is 74.5 Å². The number of aromatic nitrogens is 3. The molecule has 2 aromatic heterocycles. The number of carbonyl (C=O) groups is 1. The van der Waals surface area contributed by atoms with Crippen molar-refractivity contribution in [3.8, 4) is 0 Å². The molecule has 4 heterocycles. The summed E-state index contributed by atoms with van der Waals surface area (Å²) < 4.78 is 0. The number of anilines is 1. The molecule has 2 aromatic rings. The van der Waals surface area contributed by atoms with Crippen LogP contribution in [-0.4, -0.2) is 51.9 Å². The number of carbonyl (C=O) groups excluding carboxylic acids is 1. The van der Waals surface area contributed by atoms with E-state index in [9.17, 15) is 4.79 Å². The predicted octanol–water partition coefficient (Wildman–Crippen LogP) is 3.26. The Labute approximate surface area is 161 Å². The van der Waals surface area contributed by atoms with E-state index in [1.54, 1.807) is 0 Å². The zero-order chi connectivity index (χ0) is 18.8. The van der Waals surface area contributed by atoms with Crippen LogP contribution in [0.4, 0.5) is 5.69 Å². The first kappa shape index (κ1) is 18.1. The Morgan fingerprint density at radius 1 is 0.963 bits per heavy atom. The van der Waals surface area contributed by atoms with Gasteiger partial charge < -0.3 is 9.80 Å². The molecule has 2 fully saturated rings. The molecule has 4 rings (SSSR count). The highest BCUT2D eigenvalue weighted by Gasteiger charge is 2.29. The number of pyridine rings is 1. The second kappa shape index (κ2) is 7.79. The Kier molecular flexibility index (Phi) is 5.23. The minimum Gasteiger partial charge on any atom is -0.370 e. The Morgan fingerprint density at radius 3 is 2.33 bits per heavy atom. The largest absolute Gasteiger partial charge is 0.370 e. The van der Waals surface area contributed by atoms with Crippen LogP contribution in [0.2, 0.25) is 0 Å². The van der Waals surface area contributed by atoms with Crippen LogP contribution in [0.5, 0.6) is 0 Å². The summed E-state index contributed by atoms with van der Waals surface area (Å²) in [5, 5.41) is 0. The molecule has 0 N–H and O–H groups in total. The van der Waals surface area contributed by atoms with E-state index in [2.05, 4.69) is 30.8 Å². The van der Waals surface area contributed by atoms with Gasteiger partial charge in [-0.1, -0.05) is 12.8 Å². The molecule has 6 heteroatoms. The topological polar surface area (TPSA) is 62.2 Å². The number of hydrogen-bond acceptors (Lipinski definition) is 5. The van der Waals surface area contributed by atoms with Crippen LogP contribution >= 0.6 is 0 Å². The van der Waals surface area contributed by atoms with Crippen molar-refractivity contribution in [2.45, 2.75) is 52.4 Å². The lowest BCUT2D eigenvalue weighted by Crippen LogP contribution is -2.43. The van der Waals surface area contributed by atoms with Gasteiger partial charge in [0.1, 0.15) is 5.52 Å². The Morgan fingerprint density at radius 2 is 1.63 bits per heavy atom. The lowest BCUT2D eigenvalue weighted by Gasteiger charge is -2.35. The van der Waals surface area contributed by atoms with Crippen molar-refractivity contribution in [3.05, 3.63) is 23.7 Å². The molecule has 27 heavy (non-hydrogen) atoms. The third-order valence-electron chi connectivity index (χ3n) is 6.05. The molecule has 0 spiro atoms. The maximum Gasteiger partial charge on any atom is 0.225 e. The predicted molar refractivity (Wildman–Crippen MR) is 107 cm³/mol. The van der Waals surface area contributed by atoms with Gasteiger partial charge in [0, 0.05) is 32.1 Å². The van der Waals surface area contributed by atoms with E-state index >= 15 is 0 Å². The van der Waals surface area contributed by atoms with E-state index in [4.69, 9.17) is 0 Å². The summed E-state index contributed by atoms with van der Waals surface area (Å²) in [6.45, 7) is 7.64. The van der Waals surface area contributed by atoms with E-state index in [0.29, 0.717) is 11.6 Å². The average molecular weight is 367 g/mol. The van der Waals surface area contributed by atoms with Crippen LogP contribution in [-0.2, 0) is 4.79 Å². The SMILES string of the molecule is Cc1nc2cc(N3CCC(C(=O)N4CCCCCC4)CC3)cnc2nc1C. The zero-order valence-electron chi connectivity index (χ0n) is 16.4. The molecule has 0 atom stereocenters. The van der Waals surface area contributed by atoms with Gasteiger partial charge in [-0.15, -0.1) is 0 Å². The molecular formula is C21H29N5O. The smallest absolute Gasteiger partial charge is 0.225 e. The van der Waals surface area contributed by atoms with Crippen molar-refractivity contribution >= 4 is 22.8 Å². The van der Waals surface area contributed by atoms with Gasteiger partial charge in [0.15, 0.2) is 5.65 Å². The summed E-state index contributed by atoms with van der Waals surface area (Å²) in [5.41, 5.74) is 4.51. The van der Waals surface area contributed by atoms with Gasteiger partial charge in [-0.25, -0.2) is 15.0 Å². The number of aryl methyl sites for hydroxylation is 2. The van der Waals surface area contributed by atoms with E-state index in [-0.39, 0.29) is 5.92 Å². The van der Waals surface area contributed by atoms with Crippen molar-refractivity contribution in [3.63, 3.8) is 0 Å². The van der Waals surface area contributed by atoms with Crippen LogP contribution < -0.4 is 4.90 Å². The van der Waals surface area contributed by atoms with Crippen molar-refractivity contribution in [2.75, 3.05) is 31.1 Å². The van der Waals surface area contributed by atoms with E-state index in [1.165, 1.54) is 12.8 Å². The number of piperidine rings is 1. The first-order chi connectivity index (χ1) is 13.1. The molecule has 2 saturated heterocycles. The number of amides is 1. The fraction of sp³-hybridized carbons (Fsp3) is 0.619. The molecule has 6 nitrogen and oxygen atoms in total. The highest BCUT2D eigenvalue weighted by Crippen LogP contribution is 2.26. The van der Waals surface area contributed by atoms with Crippen molar-refractivity contribution in [2.24, 2.45) is 5.92 Å². The summed E-state index contributed by atoms with van der Waals surface area (Å²) in [5.74, 6) is 0.558. The lowest BCUT2D eigenvalue weighted by molar-refractivity contribution is -0.136. The highest BCUT2D eigenvalue weighted by molar-refractivity contribution is 5.79. The number of likely N-dealkylation sites (tertiary alicyclic amines) is 1. The van der Waals surface area contributed by atoms with Gasteiger partial charge in [0.05, 0.1) is 23.3 Å². The third-order valence-corrected chi connectivity index (χ3v) is 6.05. The quantitative estimate of drug-likeness (QED) is 0.815. The Balaban J connectivity index is 1.42. The maximum absolute atomic E-state index is 12.9. The summed E-state index contributed by atoms with van der Waals surface area (Å²) >= 11 is 0. The minimum atomic E-state index is 0.178. The van der Waals surface area contributed by atoms with Crippen molar-refractivity contribution in [1.82, 2.24) is 19.9 Å². The molecule has 144 valence electrons. The minimum absolute atomic E-state index is 0.178. The molecule has 0 bridgehead atoms. The molecule has 2 aliphatic rings. The van der Waals surface area contributed by atoms with Crippen LogP contribution in [0.3, 0.4) is 0 Å². The first-order valence-electron chi connectivity index (χ1n) is 10.3. The van der Waals surface area contributed by atoms with Gasteiger partial charge in [-0.3, -0.25) is 4.79 Å². The summed E-state index contributed by atoms with van der Waals surface area (Å²) in [6, 6.07) is 2.08. The molecule has 1 amide bonds. The van der Waals surface area contributed by atoms with Crippen LogP contribution in [0.25, 0.3) is 11.2 Å². The summed E-state index contributed by atoms with van der Waals surface area (Å²) in [6.07, 6.45) is 8.58. The van der Waals surface area contributed by atoms with E-state index < -0.39 is 0 Å². The summed E-state index contributed by atoms with van der Waals surface area (Å²) in [7, 11) is 0. The van der Waals surface area contributed by atoms with Crippen LogP contribution in [0, 0.1) is 19.8 Å². The van der Waals surface area contributed by atoms with Gasteiger partial charge in [0.25, 0.3) is 0 Å². The standard InChI is InChI=1S/C21H29N5O/c1-15-16(2)24-20-19(23-15)13-18(14-22-20)25-11-7-17(8-12-25)21(27)26-9-5-3-4-6-10-26/h13-14,17H,3-12H2,1-2H3. The molecule has 0 saturated carbocycles. The lowest BCUT2D eigenvalue weighted by atomic mass is 9.95. The fourth-order valence-electron chi connectivity index (χ4n) is 4.21. The van der Waals surface area contributed by atoms with E-state index in [1.807, 2.05) is 20.0 Å². The summed E-state index contributed by atoms with van der Waals surface area (Å²) in [4.78, 5) is 31.0. The average Bonchev–Trinajstić information content (AvgIpc) is 2.98. The zero-order valence-corrected chi connectivity index (χ0v) is 16.4. The third kappa shape index (κ3) is 3.89. The van der Waals surface area contributed by atoms with Gasteiger partial charge >= 0.3 is 0 Å².